The van der Waals surface area contributed by atoms with E-state index in [2.05, 4.69) is 11.7 Å². The molecule has 0 spiro atoms. The summed E-state index contributed by atoms with van der Waals surface area (Å²) in [5.41, 5.74) is 0. The first-order chi connectivity index (χ1) is 9.77. The van der Waals surface area contributed by atoms with Crippen LogP contribution in [-0.2, 0) is 15.1 Å². The van der Waals surface area contributed by atoms with Gasteiger partial charge in [-0.05, 0) is 6.42 Å². The summed E-state index contributed by atoms with van der Waals surface area (Å²) in [6, 6.07) is 0. The smallest absolute Gasteiger partial charge is 0.759 e. The Balaban J connectivity index is -0.000000225. The van der Waals surface area contributed by atoms with E-state index in [0.29, 0.717) is 6.61 Å². The Hall–Kier alpha value is 1.40. The molecule has 0 atom stereocenters. The maximum atomic E-state index is 9.93. The molecule has 0 aromatic carbocycles. The number of rotatable bonds is 11. The zero-order valence-electron chi connectivity index (χ0n) is 14.3. The van der Waals surface area contributed by atoms with E-state index in [4.69, 9.17) is 17.5 Å². The van der Waals surface area contributed by atoms with Crippen LogP contribution < -0.4 is 34.7 Å². The van der Waals surface area contributed by atoms with E-state index in [0.717, 1.165) is 12.8 Å². The van der Waals surface area contributed by atoms with Gasteiger partial charge in [-0.1, -0.05) is 64.7 Å². The minimum Gasteiger partial charge on any atom is -0.759 e. The molecule has 0 heterocycles. The average Bonchev–Trinajstić information content (AvgIpc) is 2.33. The molecule has 10 heteroatoms. The molecule has 0 unspecified atom stereocenters. The Morgan fingerprint density at radius 2 is 1.17 bits per heavy atom. The van der Waals surface area contributed by atoms with Crippen molar-refractivity contribution in [3.63, 3.8) is 0 Å². The Labute approximate surface area is 191 Å². The van der Waals surface area contributed by atoms with Gasteiger partial charge in [-0.15, -0.1) is 0 Å². The predicted molar refractivity (Wildman–Crippen MR) is 79.4 cm³/mol. The van der Waals surface area contributed by atoms with Crippen molar-refractivity contribution in [1.29, 1.82) is 0 Å². The van der Waals surface area contributed by atoms with Crippen LogP contribution in [0.3, 0.4) is 0 Å². The van der Waals surface area contributed by atoms with Crippen molar-refractivity contribution in [2.45, 2.75) is 71.1 Å². The number of ether oxygens (including phenoxy) is 1. The second-order valence-electron chi connectivity index (χ2n) is 4.69. The summed E-state index contributed by atoms with van der Waals surface area (Å²) in [6.07, 6.45) is 11.0. The summed E-state index contributed by atoms with van der Waals surface area (Å²) in [6.45, 7) is 2.52. The normalized spacial score (nSPS) is 9.70. The van der Waals surface area contributed by atoms with E-state index in [-0.39, 0.29) is 67.3 Å². The fourth-order valence-corrected chi connectivity index (χ4v) is 1.75. The Morgan fingerprint density at radius 1 is 0.870 bits per heavy atom. The first-order valence-corrected chi connectivity index (χ1v) is 8.61. The minimum atomic E-state index is -5.17. The van der Waals surface area contributed by atoms with Gasteiger partial charge in [-0.25, -0.2) is 0 Å². The summed E-state index contributed by atoms with van der Waals surface area (Å²) in [7, 11) is -5.17. The molecule has 0 bridgehead atoms. The van der Waals surface area contributed by atoms with Crippen molar-refractivity contribution >= 4 is 54.3 Å². The summed E-state index contributed by atoms with van der Waals surface area (Å²) in [5, 5.41) is 9.93. The Kier molecular flexibility index (Phi) is 32.7. The van der Waals surface area contributed by atoms with Crippen LogP contribution in [0.15, 0.2) is 0 Å². The second kappa shape index (κ2) is 23.4. The third-order valence-corrected chi connectivity index (χ3v) is 2.72. The molecule has 23 heavy (non-hydrogen) atoms. The Bertz CT molecular complexity index is 331. The van der Waals surface area contributed by atoms with Crippen molar-refractivity contribution in [2.75, 3.05) is 6.61 Å². The van der Waals surface area contributed by atoms with Gasteiger partial charge >= 0.3 is 67.3 Å². The van der Waals surface area contributed by atoms with Crippen LogP contribution in [-0.4, -0.2) is 68.0 Å². The van der Waals surface area contributed by atoms with Crippen molar-refractivity contribution < 1.29 is 61.7 Å². The van der Waals surface area contributed by atoms with Crippen molar-refractivity contribution in [1.82, 2.24) is 0 Å². The summed E-state index contributed by atoms with van der Waals surface area (Å²) in [5.74, 6) is 0. The Morgan fingerprint density at radius 3 is 1.48 bits per heavy atom. The molecule has 0 aliphatic carbocycles. The van der Waals surface area contributed by atoms with Gasteiger partial charge in [0.05, 0.1) is 0 Å². The largest absolute Gasteiger partial charge is 2.00 e. The van der Waals surface area contributed by atoms with Gasteiger partial charge in [0.2, 0.25) is 0 Å². The van der Waals surface area contributed by atoms with E-state index in [9.17, 15) is 9.90 Å². The quantitative estimate of drug-likeness (QED) is 0.139. The number of carbonyl (C=O) groups is 1. The number of carboxylic acid groups (broad SMARTS) is 1. The van der Waals surface area contributed by atoms with E-state index >= 15 is 0 Å². The third kappa shape index (κ3) is 51.7. The van der Waals surface area contributed by atoms with Crippen molar-refractivity contribution in [3.05, 3.63) is 0 Å². The molecular weight excluding hydrogens is 363 g/mol. The maximum Gasteiger partial charge on any atom is 2.00 e. The molecule has 0 rings (SSSR count). The molecule has 0 amide bonds. The van der Waals surface area contributed by atoms with Gasteiger partial charge < -0.3 is 23.7 Å². The summed E-state index contributed by atoms with van der Waals surface area (Å²) in [4.78, 5) is 9.93. The number of hydrogen-bond donors (Lipinski definition) is 0. The van der Waals surface area contributed by atoms with Crippen LogP contribution in [0.25, 0.3) is 0 Å². The molecule has 0 aliphatic rings. The minimum absolute atomic E-state index is 0. The first-order valence-electron chi connectivity index (χ1n) is 7.27. The van der Waals surface area contributed by atoms with E-state index in [1.165, 1.54) is 51.4 Å². The number of unbranched alkanes of at least 4 members (excludes halogenated alkanes) is 9. The SMILES string of the molecule is CCCCCCCCCCCCOC(=O)[O-].O=S(=O)([O-])[O-].[Ca+2].[Na+]. The fraction of sp³-hybridized carbons (Fsp3) is 0.923. The van der Waals surface area contributed by atoms with Gasteiger partial charge in [0, 0.05) is 17.0 Å². The summed E-state index contributed by atoms with van der Waals surface area (Å²) < 4.78 is 38.4. The average molecular weight is 388 g/mol. The molecule has 0 radical (unpaired) electrons. The molecule has 0 saturated heterocycles. The fourth-order valence-electron chi connectivity index (χ4n) is 1.75. The second-order valence-corrected chi connectivity index (χ2v) is 5.51. The van der Waals surface area contributed by atoms with Gasteiger partial charge in [-0.2, -0.15) is 0 Å². The van der Waals surface area contributed by atoms with Crippen LogP contribution in [0.4, 0.5) is 4.79 Å². The van der Waals surface area contributed by atoms with Crippen LogP contribution in [0.5, 0.6) is 0 Å². The van der Waals surface area contributed by atoms with Crippen molar-refractivity contribution in [3.8, 4) is 0 Å². The maximum absolute atomic E-state index is 9.93. The predicted octanol–water partition coefficient (Wildman–Crippen LogP) is -1.45. The molecule has 0 fully saturated rings. The van der Waals surface area contributed by atoms with Crippen LogP contribution in [0.2, 0.25) is 0 Å². The number of carbonyl (C=O) groups excluding carboxylic acids is 1. The number of hydrogen-bond acceptors (Lipinski definition) is 7. The molecule has 0 aromatic rings. The van der Waals surface area contributed by atoms with Crippen LogP contribution in [0, 0.1) is 0 Å². The van der Waals surface area contributed by atoms with Gasteiger partial charge in [0.25, 0.3) is 6.16 Å². The monoisotopic (exact) mass is 388 g/mol. The molecule has 7 nitrogen and oxygen atoms in total. The molecule has 0 aromatic heterocycles. The van der Waals surface area contributed by atoms with Crippen LogP contribution >= 0.6 is 0 Å². The molecule has 0 saturated carbocycles. The molecular formula is C13H25CaNaO7S. The standard InChI is InChI=1S/C13H26O3.Ca.Na.H2O4S/c1-2-3-4-5-6-7-8-9-10-11-12-16-13(14)15;;;1-5(2,3)4/h2-12H2,1H3,(H,14,15);;;(H2,1,2,3,4)/q;+2;+1;/p-3. The van der Waals surface area contributed by atoms with Crippen molar-refractivity contribution in [2.24, 2.45) is 0 Å². The first kappa shape index (κ1) is 32.1. The molecule has 128 valence electrons. The van der Waals surface area contributed by atoms with E-state index in [1.807, 2.05) is 0 Å². The summed E-state index contributed by atoms with van der Waals surface area (Å²) >= 11 is 0. The van der Waals surface area contributed by atoms with E-state index in [1.54, 1.807) is 0 Å². The topological polar surface area (TPSA) is 130 Å². The van der Waals surface area contributed by atoms with Gasteiger partial charge in [-0.3, -0.25) is 8.42 Å². The molecule has 0 aliphatic heterocycles. The van der Waals surface area contributed by atoms with Gasteiger partial charge in [0.15, 0.2) is 0 Å². The van der Waals surface area contributed by atoms with E-state index < -0.39 is 16.6 Å². The zero-order valence-corrected chi connectivity index (χ0v) is 19.3. The molecule has 0 N–H and O–H groups in total. The van der Waals surface area contributed by atoms with Crippen LogP contribution in [0.1, 0.15) is 71.1 Å². The zero-order chi connectivity index (χ0) is 16.6. The third-order valence-electron chi connectivity index (χ3n) is 2.72. The van der Waals surface area contributed by atoms with Gasteiger partial charge in [0.1, 0.15) is 0 Å².